The third-order valence-electron chi connectivity index (χ3n) is 3.03. The van der Waals surface area contributed by atoms with E-state index in [0.29, 0.717) is 0 Å². The topological polar surface area (TPSA) is 90.0 Å². The Hall–Kier alpha value is -1.37. The first-order valence-electron chi connectivity index (χ1n) is 5.88. The number of aromatic nitrogens is 2. The van der Waals surface area contributed by atoms with E-state index in [-0.39, 0.29) is 28.7 Å². The van der Waals surface area contributed by atoms with Crippen LogP contribution in [0, 0.1) is 0 Å². The van der Waals surface area contributed by atoms with E-state index in [2.05, 4.69) is 26.3 Å². The minimum absolute atomic E-state index is 0.0752. The molecule has 0 unspecified atom stereocenters. The van der Waals surface area contributed by atoms with Gasteiger partial charge in [0.1, 0.15) is 11.0 Å². The summed E-state index contributed by atoms with van der Waals surface area (Å²) in [6, 6.07) is 0.241. The third-order valence-corrected chi connectivity index (χ3v) is 3.82. The lowest BCUT2D eigenvalue weighted by atomic mass is 10.2. The predicted octanol–water partition coefficient (Wildman–Crippen LogP) is 0.647. The summed E-state index contributed by atoms with van der Waals surface area (Å²) in [6.45, 7) is -0.0752. The maximum Gasteiger partial charge on any atom is 0.283 e. The van der Waals surface area contributed by atoms with Gasteiger partial charge in [-0.2, -0.15) is 5.10 Å². The zero-order valence-corrected chi connectivity index (χ0v) is 11.4. The second kappa shape index (κ2) is 5.51. The van der Waals surface area contributed by atoms with Crippen LogP contribution in [0.4, 0.5) is 5.69 Å². The van der Waals surface area contributed by atoms with E-state index in [4.69, 9.17) is 5.73 Å². The Morgan fingerprint density at radius 2 is 2.22 bits per heavy atom. The van der Waals surface area contributed by atoms with Crippen molar-refractivity contribution in [1.82, 2.24) is 15.1 Å². The highest BCUT2D eigenvalue weighted by Gasteiger charge is 2.18. The van der Waals surface area contributed by atoms with Gasteiger partial charge in [-0.05, 0) is 28.8 Å². The molecule has 1 heterocycles. The minimum Gasteiger partial charge on any atom is -0.396 e. The van der Waals surface area contributed by atoms with Gasteiger partial charge in [0.25, 0.3) is 5.56 Å². The average Bonchev–Trinajstić information content (AvgIpc) is 2.83. The summed E-state index contributed by atoms with van der Waals surface area (Å²) < 4.78 is 1.34. The first kappa shape index (κ1) is 13.1. The van der Waals surface area contributed by atoms with Crippen LogP contribution in [0.25, 0.3) is 0 Å². The summed E-state index contributed by atoms with van der Waals surface area (Å²) in [5.41, 5.74) is 5.41. The molecular formula is C11H15BrN4O2. The molecule has 1 aliphatic rings. The smallest absolute Gasteiger partial charge is 0.283 e. The summed E-state index contributed by atoms with van der Waals surface area (Å²) in [6.07, 6.45) is 5.68. The van der Waals surface area contributed by atoms with Gasteiger partial charge in [0.05, 0.1) is 11.9 Å². The van der Waals surface area contributed by atoms with Crippen LogP contribution in [0.2, 0.25) is 0 Å². The maximum atomic E-state index is 11.8. The second-order valence-electron chi connectivity index (χ2n) is 4.43. The molecule has 0 aliphatic heterocycles. The van der Waals surface area contributed by atoms with Gasteiger partial charge >= 0.3 is 0 Å². The van der Waals surface area contributed by atoms with Crippen LogP contribution in [0.5, 0.6) is 0 Å². The molecule has 1 aromatic rings. The fourth-order valence-electron chi connectivity index (χ4n) is 2.07. The maximum absolute atomic E-state index is 11.8. The van der Waals surface area contributed by atoms with Crippen LogP contribution in [-0.2, 0) is 11.3 Å². The summed E-state index contributed by atoms with van der Waals surface area (Å²) in [5.74, 6) is -0.187. The standard InChI is InChI=1S/C11H15BrN4O2/c12-10-8(13)5-14-16(11(10)18)6-9(17)15-7-3-1-2-4-7/h5,7H,1-4,6,13H2,(H,15,17). The number of hydrogen-bond donors (Lipinski definition) is 2. The number of carbonyl (C=O) groups excluding carboxylic acids is 1. The Labute approximate surface area is 113 Å². The molecule has 1 amide bonds. The van der Waals surface area contributed by atoms with E-state index in [1.54, 1.807) is 0 Å². The van der Waals surface area contributed by atoms with Crippen molar-refractivity contribution in [2.24, 2.45) is 0 Å². The first-order valence-corrected chi connectivity index (χ1v) is 6.67. The molecule has 0 bridgehead atoms. The van der Waals surface area contributed by atoms with Crippen molar-refractivity contribution in [2.45, 2.75) is 38.3 Å². The van der Waals surface area contributed by atoms with Crippen molar-refractivity contribution in [2.75, 3.05) is 5.73 Å². The second-order valence-corrected chi connectivity index (χ2v) is 5.22. The zero-order chi connectivity index (χ0) is 13.1. The number of hydrogen-bond acceptors (Lipinski definition) is 4. The first-order chi connectivity index (χ1) is 8.58. The monoisotopic (exact) mass is 314 g/mol. The van der Waals surface area contributed by atoms with Crippen LogP contribution in [0.1, 0.15) is 25.7 Å². The Kier molecular flexibility index (Phi) is 4.00. The van der Waals surface area contributed by atoms with Gasteiger partial charge in [0, 0.05) is 6.04 Å². The molecule has 1 aromatic heterocycles. The quantitative estimate of drug-likeness (QED) is 0.857. The van der Waals surface area contributed by atoms with E-state index in [1.807, 2.05) is 0 Å². The van der Waals surface area contributed by atoms with Gasteiger partial charge in [-0.1, -0.05) is 12.8 Å². The van der Waals surface area contributed by atoms with Gasteiger partial charge in [0.2, 0.25) is 5.91 Å². The molecular weight excluding hydrogens is 300 g/mol. The molecule has 7 heteroatoms. The SMILES string of the molecule is Nc1cnn(CC(=O)NC2CCCC2)c(=O)c1Br. The van der Waals surface area contributed by atoms with E-state index in [0.717, 1.165) is 30.4 Å². The van der Waals surface area contributed by atoms with Crippen LogP contribution in [0.3, 0.4) is 0 Å². The summed E-state index contributed by atoms with van der Waals surface area (Å²) in [4.78, 5) is 23.5. The number of rotatable bonds is 3. The summed E-state index contributed by atoms with van der Waals surface area (Å²) in [5, 5.41) is 6.74. The number of nitrogens with one attached hydrogen (secondary N) is 1. The lowest BCUT2D eigenvalue weighted by Crippen LogP contribution is -2.38. The van der Waals surface area contributed by atoms with Gasteiger partial charge in [-0.3, -0.25) is 9.59 Å². The van der Waals surface area contributed by atoms with E-state index in [1.165, 1.54) is 6.20 Å². The largest absolute Gasteiger partial charge is 0.396 e. The molecule has 1 saturated carbocycles. The lowest BCUT2D eigenvalue weighted by molar-refractivity contribution is -0.122. The average molecular weight is 315 g/mol. The van der Waals surface area contributed by atoms with Crippen LogP contribution < -0.4 is 16.6 Å². The Balaban J connectivity index is 2.03. The molecule has 1 fully saturated rings. The van der Waals surface area contributed by atoms with Crippen LogP contribution in [0.15, 0.2) is 15.5 Å². The predicted molar refractivity (Wildman–Crippen MR) is 71.0 cm³/mol. The number of nitrogens with zero attached hydrogens (tertiary/aromatic N) is 2. The van der Waals surface area contributed by atoms with Crippen molar-refractivity contribution < 1.29 is 4.79 Å². The number of nitrogens with two attached hydrogens (primary N) is 1. The summed E-state index contributed by atoms with van der Waals surface area (Å²) in [7, 11) is 0. The lowest BCUT2D eigenvalue weighted by Gasteiger charge is -2.12. The van der Waals surface area contributed by atoms with Crippen molar-refractivity contribution in [1.29, 1.82) is 0 Å². The van der Waals surface area contributed by atoms with E-state index in [9.17, 15) is 9.59 Å². The molecule has 0 atom stereocenters. The van der Waals surface area contributed by atoms with E-state index >= 15 is 0 Å². The molecule has 6 nitrogen and oxygen atoms in total. The number of halogens is 1. The number of nitrogen functional groups attached to an aromatic ring is 1. The highest BCUT2D eigenvalue weighted by Crippen LogP contribution is 2.17. The number of carbonyl (C=O) groups is 1. The van der Waals surface area contributed by atoms with Gasteiger partial charge < -0.3 is 11.1 Å². The molecule has 98 valence electrons. The summed E-state index contributed by atoms with van der Waals surface area (Å²) >= 11 is 3.08. The van der Waals surface area contributed by atoms with Crippen molar-refractivity contribution in [3.63, 3.8) is 0 Å². The van der Waals surface area contributed by atoms with Crippen LogP contribution >= 0.6 is 15.9 Å². The molecule has 1 aliphatic carbocycles. The minimum atomic E-state index is -0.392. The Morgan fingerprint density at radius 3 is 2.89 bits per heavy atom. The highest BCUT2D eigenvalue weighted by atomic mass is 79.9. The fourth-order valence-corrected chi connectivity index (χ4v) is 2.38. The van der Waals surface area contributed by atoms with Gasteiger partial charge in [-0.25, -0.2) is 4.68 Å². The zero-order valence-electron chi connectivity index (χ0n) is 9.86. The normalized spacial score (nSPS) is 15.8. The molecule has 18 heavy (non-hydrogen) atoms. The highest BCUT2D eigenvalue weighted by molar-refractivity contribution is 9.10. The van der Waals surface area contributed by atoms with Crippen molar-refractivity contribution in [3.8, 4) is 0 Å². The van der Waals surface area contributed by atoms with Crippen LogP contribution in [-0.4, -0.2) is 21.7 Å². The number of anilines is 1. The Morgan fingerprint density at radius 1 is 1.56 bits per heavy atom. The van der Waals surface area contributed by atoms with Crippen molar-refractivity contribution >= 4 is 27.5 Å². The van der Waals surface area contributed by atoms with Gasteiger partial charge in [-0.15, -0.1) is 0 Å². The Bertz CT molecular complexity index is 508. The molecule has 3 N–H and O–H groups in total. The van der Waals surface area contributed by atoms with E-state index < -0.39 is 5.56 Å². The molecule has 0 spiro atoms. The van der Waals surface area contributed by atoms with Crippen molar-refractivity contribution in [3.05, 3.63) is 21.0 Å². The molecule has 2 rings (SSSR count). The van der Waals surface area contributed by atoms with Gasteiger partial charge in [0.15, 0.2) is 0 Å². The fraction of sp³-hybridized carbons (Fsp3) is 0.545. The molecule has 0 saturated heterocycles. The number of amides is 1. The molecule has 0 aromatic carbocycles. The third kappa shape index (κ3) is 2.90. The molecule has 0 radical (unpaired) electrons.